The summed E-state index contributed by atoms with van der Waals surface area (Å²) < 4.78 is 2.31. The third-order valence-corrected chi connectivity index (χ3v) is 4.37. The SMILES string of the molecule is O=C(NCc1nc2ccccc2n1C1CC1)N1CCCC1. The highest BCUT2D eigenvalue weighted by atomic mass is 16.2. The lowest BCUT2D eigenvalue weighted by Gasteiger charge is -2.16. The van der Waals surface area contributed by atoms with E-state index >= 15 is 0 Å². The van der Waals surface area contributed by atoms with Gasteiger partial charge in [0, 0.05) is 19.1 Å². The lowest BCUT2D eigenvalue weighted by Crippen LogP contribution is -2.38. The number of nitrogens with zero attached hydrogens (tertiary/aromatic N) is 3. The van der Waals surface area contributed by atoms with Crippen LogP contribution in [0.25, 0.3) is 11.0 Å². The third kappa shape index (κ3) is 2.37. The maximum atomic E-state index is 12.1. The molecule has 2 amide bonds. The topological polar surface area (TPSA) is 50.2 Å². The molecule has 0 spiro atoms. The van der Waals surface area contributed by atoms with Crippen molar-refractivity contribution < 1.29 is 4.79 Å². The fourth-order valence-electron chi connectivity index (χ4n) is 3.15. The number of amides is 2. The highest BCUT2D eigenvalue weighted by Gasteiger charge is 2.28. The molecular formula is C16H20N4O. The van der Waals surface area contributed by atoms with Gasteiger partial charge in [0.1, 0.15) is 5.82 Å². The van der Waals surface area contributed by atoms with E-state index in [1.807, 2.05) is 17.0 Å². The van der Waals surface area contributed by atoms with Gasteiger partial charge in [-0.3, -0.25) is 0 Å². The van der Waals surface area contributed by atoms with Gasteiger partial charge < -0.3 is 14.8 Å². The van der Waals surface area contributed by atoms with E-state index in [0.717, 1.165) is 37.3 Å². The molecule has 1 aromatic heterocycles. The Morgan fingerprint density at radius 3 is 2.76 bits per heavy atom. The van der Waals surface area contributed by atoms with Gasteiger partial charge in [-0.15, -0.1) is 0 Å². The van der Waals surface area contributed by atoms with Crippen molar-refractivity contribution in [2.75, 3.05) is 13.1 Å². The number of likely N-dealkylation sites (tertiary alicyclic amines) is 1. The Morgan fingerprint density at radius 1 is 1.24 bits per heavy atom. The average Bonchev–Trinajstić information content (AvgIpc) is 3.05. The molecule has 2 aromatic rings. The van der Waals surface area contributed by atoms with Gasteiger partial charge in [-0.05, 0) is 37.8 Å². The lowest BCUT2D eigenvalue weighted by molar-refractivity contribution is 0.208. The van der Waals surface area contributed by atoms with E-state index in [1.54, 1.807) is 0 Å². The molecule has 2 fully saturated rings. The zero-order valence-corrected chi connectivity index (χ0v) is 12.1. The maximum Gasteiger partial charge on any atom is 0.317 e. The number of rotatable bonds is 3. The number of aromatic nitrogens is 2. The molecule has 21 heavy (non-hydrogen) atoms. The lowest BCUT2D eigenvalue weighted by atomic mass is 10.3. The first-order valence-corrected chi connectivity index (χ1v) is 7.81. The number of carbonyl (C=O) groups is 1. The van der Waals surface area contributed by atoms with Crippen molar-refractivity contribution in [1.82, 2.24) is 19.8 Å². The second-order valence-corrected chi connectivity index (χ2v) is 5.97. The van der Waals surface area contributed by atoms with Gasteiger partial charge >= 0.3 is 6.03 Å². The van der Waals surface area contributed by atoms with Gasteiger partial charge in [0.25, 0.3) is 0 Å². The van der Waals surface area contributed by atoms with Crippen LogP contribution in [-0.4, -0.2) is 33.6 Å². The first kappa shape index (κ1) is 12.7. The molecule has 2 aliphatic rings. The van der Waals surface area contributed by atoms with Crippen molar-refractivity contribution >= 4 is 17.1 Å². The van der Waals surface area contributed by atoms with Crippen molar-refractivity contribution in [1.29, 1.82) is 0 Å². The van der Waals surface area contributed by atoms with Crippen molar-refractivity contribution in [3.63, 3.8) is 0 Å². The number of hydrogen-bond acceptors (Lipinski definition) is 2. The first-order valence-electron chi connectivity index (χ1n) is 7.81. The smallest absolute Gasteiger partial charge is 0.317 e. The number of benzene rings is 1. The minimum atomic E-state index is 0.0434. The summed E-state index contributed by atoms with van der Waals surface area (Å²) in [7, 11) is 0. The number of fused-ring (bicyclic) bond motifs is 1. The number of urea groups is 1. The molecule has 1 aliphatic heterocycles. The summed E-state index contributed by atoms with van der Waals surface area (Å²) in [5.41, 5.74) is 2.21. The Morgan fingerprint density at radius 2 is 2.00 bits per heavy atom. The number of para-hydroxylation sites is 2. The fourth-order valence-corrected chi connectivity index (χ4v) is 3.15. The zero-order valence-electron chi connectivity index (χ0n) is 12.1. The van der Waals surface area contributed by atoms with Gasteiger partial charge in [0.05, 0.1) is 17.6 Å². The highest BCUT2D eigenvalue weighted by Crippen LogP contribution is 2.38. The molecule has 4 rings (SSSR count). The minimum absolute atomic E-state index is 0.0434. The largest absolute Gasteiger partial charge is 0.331 e. The van der Waals surface area contributed by atoms with Crippen molar-refractivity contribution in [3.05, 3.63) is 30.1 Å². The second kappa shape index (κ2) is 5.06. The molecule has 1 saturated heterocycles. The summed E-state index contributed by atoms with van der Waals surface area (Å²) >= 11 is 0. The molecular weight excluding hydrogens is 264 g/mol. The summed E-state index contributed by atoms with van der Waals surface area (Å²) in [5, 5.41) is 3.03. The minimum Gasteiger partial charge on any atom is -0.331 e. The molecule has 5 nitrogen and oxygen atoms in total. The monoisotopic (exact) mass is 284 g/mol. The third-order valence-electron chi connectivity index (χ3n) is 4.37. The van der Waals surface area contributed by atoms with E-state index in [-0.39, 0.29) is 6.03 Å². The van der Waals surface area contributed by atoms with Gasteiger partial charge in [-0.2, -0.15) is 0 Å². The molecule has 110 valence electrons. The Kier molecular flexibility index (Phi) is 3.05. The number of nitrogens with one attached hydrogen (secondary N) is 1. The van der Waals surface area contributed by atoms with Crippen LogP contribution in [0.4, 0.5) is 4.79 Å². The van der Waals surface area contributed by atoms with Gasteiger partial charge in [-0.1, -0.05) is 12.1 Å². The quantitative estimate of drug-likeness (QED) is 0.942. The van der Waals surface area contributed by atoms with Crippen molar-refractivity contribution in [2.45, 2.75) is 38.3 Å². The second-order valence-electron chi connectivity index (χ2n) is 5.97. The van der Waals surface area contributed by atoms with Gasteiger partial charge in [0.15, 0.2) is 0 Å². The molecule has 0 unspecified atom stereocenters. The Labute approximate surface area is 123 Å². The number of hydrogen-bond donors (Lipinski definition) is 1. The van der Waals surface area contributed by atoms with Crippen LogP contribution in [0.15, 0.2) is 24.3 Å². The highest BCUT2D eigenvalue weighted by molar-refractivity contribution is 5.77. The summed E-state index contributed by atoms with van der Waals surface area (Å²) in [5.74, 6) is 0.978. The summed E-state index contributed by atoms with van der Waals surface area (Å²) in [6.45, 7) is 2.27. The summed E-state index contributed by atoms with van der Waals surface area (Å²) in [6, 6.07) is 8.83. The van der Waals surface area contributed by atoms with Gasteiger partial charge in [-0.25, -0.2) is 9.78 Å². The van der Waals surface area contributed by atoms with Crippen LogP contribution in [0.2, 0.25) is 0 Å². The molecule has 0 bridgehead atoms. The number of carbonyl (C=O) groups excluding carboxylic acids is 1. The predicted molar refractivity (Wildman–Crippen MR) is 81.0 cm³/mol. The molecule has 0 atom stereocenters. The van der Waals surface area contributed by atoms with Crippen molar-refractivity contribution in [3.8, 4) is 0 Å². The summed E-state index contributed by atoms with van der Waals surface area (Å²) in [4.78, 5) is 18.7. The molecule has 5 heteroatoms. The maximum absolute atomic E-state index is 12.1. The van der Waals surface area contributed by atoms with Crippen molar-refractivity contribution in [2.24, 2.45) is 0 Å². The fraction of sp³-hybridized carbons (Fsp3) is 0.500. The number of imidazole rings is 1. The van der Waals surface area contributed by atoms with Crippen LogP contribution in [-0.2, 0) is 6.54 Å². The Bertz CT molecular complexity index is 668. The molecule has 0 radical (unpaired) electrons. The summed E-state index contributed by atoms with van der Waals surface area (Å²) in [6.07, 6.45) is 4.67. The van der Waals surface area contributed by atoms with Crippen LogP contribution in [0.1, 0.15) is 37.5 Å². The molecule has 1 aromatic carbocycles. The van der Waals surface area contributed by atoms with E-state index in [0.29, 0.717) is 12.6 Å². The van der Waals surface area contributed by atoms with Crippen LogP contribution >= 0.6 is 0 Å². The van der Waals surface area contributed by atoms with E-state index < -0.39 is 0 Å². The molecule has 2 heterocycles. The van der Waals surface area contributed by atoms with E-state index in [1.165, 1.54) is 18.4 Å². The standard InChI is InChI=1S/C16H20N4O/c21-16(19-9-3-4-10-19)17-11-15-18-13-5-1-2-6-14(13)20(15)12-7-8-12/h1-2,5-6,12H,3-4,7-11H2,(H,17,21). The Hall–Kier alpha value is -2.04. The normalized spacial score (nSPS) is 18.4. The zero-order chi connectivity index (χ0) is 14.2. The molecule has 1 saturated carbocycles. The van der Waals surface area contributed by atoms with E-state index in [4.69, 9.17) is 4.98 Å². The van der Waals surface area contributed by atoms with Gasteiger partial charge in [0.2, 0.25) is 0 Å². The Balaban J connectivity index is 1.55. The van der Waals surface area contributed by atoms with Crippen LogP contribution < -0.4 is 5.32 Å². The first-order chi connectivity index (χ1) is 10.3. The van der Waals surface area contributed by atoms with Crippen LogP contribution in [0, 0.1) is 0 Å². The molecule has 1 aliphatic carbocycles. The van der Waals surface area contributed by atoms with Crippen LogP contribution in [0.5, 0.6) is 0 Å². The predicted octanol–water partition coefficient (Wildman–Crippen LogP) is 2.68. The van der Waals surface area contributed by atoms with Crippen LogP contribution in [0.3, 0.4) is 0 Å². The van der Waals surface area contributed by atoms with E-state index in [9.17, 15) is 4.79 Å². The van der Waals surface area contributed by atoms with E-state index in [2.05, 4.69) is 22.0 Å². The average molecular weight is 284 g/mol. The molecule has 1 N–H and O–H groups in total.